The zero-order valence-electron chi connectivity index (χ0n) is 9.72. The SMILES string of the molecule is CC(C)(C)Cn1ccc2cc(F)c(Br)cc21. The van der Waals surface area contributed by atoms with Crippen LogP contribution in [0.15, 0.2) is 28.9 Å². The zero-order valence-corrected chi connectivity index (χ0v) is 11.3. The van der Waals surface area contributed by atoms with Gasteiger partial charge in [-0.05, 0) is 39.5 Å². The fourth-order valence-corrected chi connectivity index (χ4v) is 2.16. The second-order valence-corrected chi connectivity index (χ2v) is 6.18. The van der Waals surface area contributed by atoms with Gasteiger partial charge in [-0.25, -0.2) is 4.39 Å². The van der Waals surface area contributed by atoms with Gasteiger partial charge in [0.1, 0.15) is 5.82 Å². The van der Waals surface area contributed by atoms with Crippen molar-refractivity contribution in [1.29, 1.82) is 0 Å². The number of rotatable bonds is 1. The summed E-state index contributed by atoms with van der Waals surface area (Å²) in [5, 5.41) is 0.949. The van der Waals surface area contributed by atoms with E-state index < -0.39 is 0 Å². The molecule has 0 radical (unpaired) electrons. The highest BCUT2D eigenvalue weighted by Gasteiger charge is 2.13. The number of hydrogen-bond donors (Lipinski definition) is 0. The summed E-state index contributed by atoms with van der Waals surface area (Å²) in [5.74, 6) is -0.207. The van der Waals surface area contributed by atoms with E-state index >= 15 is 0 Å². The first-order valence-electron chi connectivity index (χ1n) is 5.31. The van der Waals surface area contributed by atoms with Gasteiger partial charge in [-0.3, -0.25) is 0 Å². The van der Waals surface area contributed by atoms with E-state index in [1.54, 1.807) is 6.07 Å². The molecule has 1 heterocycles. The molecule has 1 nitrogen and oxygen atoms in total. The summed E-state index contributed by atoms with van der Waals surface area (Å²) in [6, 6.07) is 5.37. The van der Waals surface area contributed by atoms with Crippen LogP contribution in [0.25, 0.3) is 10.9 Å². The Labute approximate surface area is 103 Å². The van der Waals surface area contributed by atoms with Gasteiger partial charge in [-0.2, -0.15) is 0 Å². The summed E-state index contributed by atoms with van der Waals surface area (Å²) in [6.45, 7) is 7.50. The number of aromatic nitrogens is 1. The van der Waals surface area contributed by atoms with Crippen molar-refractivity contribution in [3.8, 4) is 0 Å². The van der Waals surface area contributed by atoms with Gasteiger partial charge < -0.3 is 4.57 Å². The average molecular weight is 284 g/mol. The predicted octanol–water partition coefficient (Wildman–Crippen LogP) is 4.59. The van der Waals surface area contributed by atoms with Gasteiger partial charge in [-0.15, -0.1) is 0 Å². The van der Waals surface area contributed by atoms with Crippen molar-refractivity contribution in [3.63, 3.8) is 0 Å². The van der Waals surface area contributed by atoms with Crippen LogP contribution in [0.5, 0.6) is 0 Å². The fourth-order valence-electron chi connectivity index (χ4n) is 1.83. The maximum atomic E-state index is 13.3. The van der Waals surface area contributed by atoms with Crippen molar-refractivity contribution in [2.24, 2.45) is 5.41 Å². The Morgan fingerprint density at radius 2 is 2.00 bits per heavy atom. The molecule has 2 rings (SSSR count). The van der Waals surface area contributed by atoms with Crippen LogP contribution < -0.4 is 0 Å². The molecule has 0 bridgehead atoms. The Balaban J connectivity index is 2.52. The third-order valence-corrected chi connectivity index (χ3v) is 3.07. The molecule has 0 fully saturated rings. The largest absolute Gasteiger partial charge is 0.347 e. The van der Waals surface area contributed by atoms with Crippen LogP contribution in [0.3, 0.4) is 0 Å². The minimum absolute atomic E-state index is 0.207. The molecule has 0 unspecified atom stereocenters. The van der Waals surface area contributed by atoms with Crippen molar-refractivity contribution >= 4 is 26.8 Å². The van der Waals surface area contributed by atoms with E-state index in [4.69, 9.17) is 0 Å². The summed E-state index contributed by atoms with van der Waals surface area (Å²) in [5.41, 5.74) is 1.29. The smallest absolute Gasteiger partial charge is 0.138 e. The monoisotopic (exact) mass is 283 g/mol. The topological polar surface area (TPSA) is 4.93 Å². The van der Waals surface area contributed by atoms with Gasteiger partial charge in [0, 0.05) is 23.6 Å². The quantitative estimate of drug-likeness (QED) is 0.722. The molecule has 0 saturated heterocycles. The van der Waals surface area contributed by atoms with Gasteiger partial charge >= 0.3 is 0 Å². The van der Waals surface area contributed by atoms with E-state index in [0.29, 0.717) is 4.47 Å². The van der Waals surface area contributed by atoms with E-state index in [2.05, 4.69) is 41.3 Å². The standard InChI is InChI=1S/C13H15BrFN/c1-13(2,3)8-16-5-4-9-6-11(15)10(14)7-12(9)16/h4-7H,8H2,1-3H3. The number of fused-ring (bicyclic) bond motifs is 1. The molecular formula is C13H15BrFN. The summed E-state index contributed by atoms with van der Waals surface area (Å²) >= 11 is 3.23. The Hall–Kier alpha value is -0.830. The third kappa shape index (κ3) is 2.29. The van der Waals surface area contributed by atoms with E-state index in [-0.39, 0.29) is 11.2 Å². The van der Waals surface area contributed by atoms with Crippen molar-refractivity contribution in [2.75, 3.05) is 0 Å². The van der Waals surface area contributed by atoms with Crippen LogP contribution in [0.4, 0.5) is 4.39 Å². The first-order valence-corrected chi connectivity index (χ1v) is 6.10. The lowest BCUT2D eigenvalue weighted by atomic mass is 9.97. The molecule has 0 aliphatic rings. The minimum atomic E-state index is -0.207. The highest BCUT2D eigenvalue weighted by atomic mass is 79.9. The molecule has 1 aromatic heterocycles. The second-order valence-electron chi connectivity index (χ2n) is 5.33. The molecule has 0 N–H and O–H groups in total. The molecule has 3 heteroatoms. The molecule has 0 atom stereocenters. The molecule has 0 amide bonds. The van der Waals surface area contributed by atoms with Crippen LogP contribution in [0.2, 0.25) is 0 Å². The minimum Gasteiger partial charge on any atom is -0.347 e. The van der Waals surface area contributed by atoms with Gasteiger partial charge in [0.15, 0.2) is 0 Å². The molecule has 2 aromatic rings. The van der Waals surface area contributed by atoms with Crippen molar-refractivity contribution in [1.82, 2.24) is 4.57 Å². The van der Waals surface area contributed by atoms with Gasteiger partial charge in [0.05, 0.1) is 4.47 Å². The van der Waals surface area contributed by atoms with Gasteiger partial charge in [0.2, 0.25) is 0 Å². The van der Waals surface area contributed by atoms with Crippen LogP contribution in [0, 0.1) is 11.2 Å². The lowest BCUT2D eigenvalue weighted by Gasteiger charge is -2.19. The Kier molecular flexibility index (Phi) is 2.82. The van der Waals surface area contributed by atoms with Crippen molar-refractivity contribution in [3.05, 3.63) is 34.7 Å². The van der Waals surface area contributed by atoms with Crippen LogP contribution in [-0.4, -0.2) is 4.57 Å². The van der Waals surface area contributed by atoms with Gasteiger partial charge in [-0.1, -0.05) is 20.8 Å². The number of halogens is 2. The average Bonchev–Trinajstić information content (AvgIpc) is 2.47. The lowest BCUT2D eigenvalue weighted by Crippen LogP contribution is -2.14. The summed E-state index contributed by atoms with van der Waals surface area (Å²) in [7, 11) is 0. The van der Waals surface area contributed by atoms with E-state index in [0.717, 1.165) is 17.4 Å². The summed E-state index contributed by atoms with van der Waals surface area (Å²) < 4.78 is 16.0. The third-order valence-electron chi connectivity index (χ3n) is 2.46. The molecule has 0 aliphatic heterocycles. The maximum Gasteiger partial charge on any atom is 0.138 e. The first kappa shape index (κ1) is 11.6. The molecule has 0 saturated carbocycles. The Morgan fingerprint density at radius 3 is 2.62 bits per heavy atom. The first-order chi connectivity index (χ1) is 7.37. The van der Waals surface area contributed by atoms with Crippen molar-refractivity contribution < 1.29 is 4.39 Å². The number of hydrogen-bond acceptors (Lipinski definition) is 0. The second kappa shape index (κ2) is 3.88. The van der Waals surface area contributed by atoms with Crippen LogP contribution in [-0.2, 0) is 6.54 Å². The highest BCUT2D eigenvalue weighted by Crippen LogP contribution is 2.26. The molecule has 0 aliphatic carbocycles. The van der Waals surface area contributed by atoms with E-state index in [9.17, 15) is 4.39 Å². The molecular weight excluding hydrogens is 269 g/mol. The number of nitrogens with zero attached hydrogens (tertiary/aromatic N) is 1. The lowest BCUT2D eigenvalue weighted by molar-refractivity contribution is 0.349. The van der Waals surface area contributed by atoms with Gasteiger partial charge in [0.25, 0.3) is 0 Å². The maximum absolute atomic E-state index is 13.3. The van der Waals surface area contributed by atoms with Crippen molar-refractivity contribution in [2.45, 2.75) is 27.3 Å². The van der Waals surface area contributed by atoms with Crippen LogP contribution in [0.1, 0.15) is 20.8 Å². The molecule has 0 spiro atoms. The fraction of sp³-hybridized carbons (Fsp3) is 0.385. The Bertz CT molecular complexity index is 522. The van der Waals surface area contributed by atoms with Crippen LogP contribution >= 0.6 is 15.9 Å². The zero-order chi connectivity index (χ0) is 11.9. The predicted molar refractivity (Wildman–Crippen MR) is 69.1 cm³/mol. The number of benzene rings is 1. The van der Waals surface area contributed by atoms with E-state index in [1.807, 2.05) is 18.3 Å². The summed E-state index contributed by atoms with van der Waals surface area (Å²) in [4.78, 5) is 0. The molecule has 1 aromatic carbocycles. The highest BCUT2D eigenvalue weighted by molar-refractivity contribution is 9.10. The van der Waals surface area contributed by atoms with E-state index in [1.165, 1.54) is 0 Å². The molecule has 86 valence electrons. The molecule has 16 heavy (non-hydrogen) atoms. The summed E-state index contributed by atoms with van der Waals surface area (Å²) in [6.07, 6.45) is 2.02. The Morgan fingerprint density at radius 1 is 1.31 bits per heavy atom. The normalized spacial score (nSPS) is 12.3.